The second kappa shape index (κ2) is 12.5. The molecule has 1 unspecified atom stereocenters. The van der Waals surface area contributed by atoms with Gasteiger partial charge in [0.15, 0.2) is 0 Å². The summed E-state index contributed by atoms with van der Waals surface area (Å²) in [5, 5.41) is 4.04. The smallest absolute Gasteiger partial charge is 0.330 e. The summed E-state index contributed by atoms with van der Waals surface area (Å²) in [6.07, 6.45) is 10.0. The monoisotopic (exact) mass is 492 g/mol. The molecule has 5 nitrogen and oxygen atoms in total. The first kappa shape index (κ1) is 25.7. The Morgan fingerprint density at radius 2 is 1.62 bits per heavy atom. The van der Waals surface area contributed by atoms with Gasteiger partial charge in [0.05, 0.1) is 6.61 Å². The van der Waals surface area contributed by atoms with Crippen LogP contribution in [0.2, 0.25) is 0 Å². The zero-order valence-electron chi connectivity index (χ0n) is 21.3. The number of aromatic nitrogens is 1. The van der Waals surface area contributed by atoms with Crippen molar-refractivity contribution < 1.29 is 14.3 Å². The molecule has 1 aromatic heterocycles. The van der Waals surface area contributed by atoms with Crippen molar-refractivity contribution in [3.63, 3.8) is 0 Å². The van der Waals surface area contributed by atoms with Gasteiger partial charge in [-0.15, -0.1) is 0 Å². The van der Waals surface area contributed by atoms with E-state index >= 15 is 0 Å². The van der Waals surface area contributed by atoms with E-state index in [4.69, 9.17) is 4.74 Å². The molecular formula is C32H32N2O3. The zero-order valence-corrected chi connectivity index (χ0v) is 21.3. The van der Waals surface area contributed by atoms with Gasteiger partial charge < -0.3 is 14.6 Å². The summed E-state index contributed by atoms with van der Waals surface area (Å²) >= 11 is 0. The van der Waals surface area contributed by atoms with E-state index in [1.165, 1.54) is 11.6 Å². The SMILES string of the molecule is CCOC(=O)C=Cc1cn(C(C)C(=O)NCCc2ccccc2)c2cccc(C=Cc3ccccc3)c12. The fraction of sp³-hybridized carbons (Fsp3) is 0.188. The molecule has 4 aromatic rings. The van der Waals surface area contributed by atoms with Crippen LogP contribution in [0.15, 0.2) is 91.1 Å². The van der Waals surface area contributed by atoms with Gasteiger partial charge >= 0.3 is 5.97 Å². The van der Waals surface area contributed by atoms with Gasteiger partial charge in [-0.1, -0.05) is 84.9 Å². The number of hydrogen-bond donors (Lipinski definition) is 1. The van der Waals surface area contributed by atoms with Crippen molar-refractivity contribution in [3.05, 3.63) is 113 Å². The van der Waals surface area contributed by atoms with Crippen molar-refractivity contribution in [3.8, 4) is 0 Å². The Morgan fingerprint density at radius 3 is 2.35 bits per heavy atom. The Bertz CT molecular complexity index is 1400. The van der Waals surface area contributed by atoms with E-state index in [1.54, 1.807) is 13.0 Å². The first-order valence-electron chi connectivity index (χ1n) is 12.6. The van der Waals surface area contributed by atoms with Crippen LogP contribution in [0.3, 0.4) is 0 Å². The topological polar surface area (TPSA) is 60.3 Å². The van der Waals surface area contributed by atoms with E-state index in [2.05, 4.69) is 29.6 Å². The van der Waals surface area contributed by atoms with E-state index in [0.717, 1.165) is 34.0 Å². The highest BCUT2D eigenvalue weighted by Gasteiger charge is 2.19. The van der Waals surface area contributed by atoms with Crippen LogP contribution in [0.5, 0.6) is 0 Å². The summed E-state index contributed by atoms with van der Waals surface area (Å²) in [7, 11) is 0. The Hall–Kier alpha value is -4.38. The summed E-state index contributed by atoms with van der Waals surface area (Å²) in [4.78, 5) is 25.1. The van der Waals surface area contributed by atoms with Gasteiger partial charge in [0.25, 0.3) is 0 Å². The lowest BCUT2D eigenvalue weighted by Crippen LogP contribution is -2.32. The number of rotatable bonds is 10. The summed E-state index contributed by atoms with van der Waals surface area (Å²) in [6, 6.07) is 25.8. The number of carbonyl (C=O) groups excluding carboxylic acids is 2. The van der Waals surface area contributed by atoms with Crippen LogP contribution >= 0.6 is 0 Å². The molecule has 0 aliphatic rings. The minimum absolute atomic E-state index is 0.0565. The number of fused-ring (bicyclic) bond motifs is 1. The van der Waals surface area contributed by atoms with E-state index < -0.39 is 12.0 Å². The molecule has 1 atom stereocenters. The highest BCUT2D eigenvalue weighted by atomic mass is 16.5. The number of benzene rings is 3. The third-order valence-corrected chi connectivity index (χ3v) is 6.21. The number of amides is 1. The fourth-order valence-electron chi connectivity index (χ4n) is 4.30. The second-order valence-electron chi connectivity index (χ2n) is 8.77. The van der Waals surface area contributed by atoms with Crippen LogP contribution < -0.4 is 5.32 Å². The molecule has 3 aromatic carbocycles. The molecule has 37 heavy (non-hydrogen) atoms. The molecule has 0 fully saturated rings. The lowest BCUT2D eigenvalue weighted by Gasteiger charge is -2.15. The third-order valence-electron chi connectivity index (χ3n) is 6.21. The first-order chi connectivity index (χ1) is 18.1. The average Bonchev–Trinajstić information content (AvgIpc) is 3.31. The molecule has 0 aliphatic heterocycles. The molecule has 188 valence electrons. The minimum Gasteiger partial charge on any atom is -0.463 e. The van der Waals surface area contributed by atoms with Gasteiger partial charge in [0.2, 0.25) is 5.91 Å². The van der Waals surface area contributed by atoms with Gasteiger partial charge in [0.1, 0.15) is 6.04 Å². The molecule has 1 amide bonds. The van der Waals surface area contributed by atoms with Crippen molar-refractivity contribution in [1.29, 1.82) is 0 Å². The molecule has 5 heteroatoms. The molecule has 0 bridgehead atoms. The molecule has 0 saturated heterocycles. The van der Waals surface area contributed by atoms with E-state index in [9.17, 15) is 9.59 Å². The highest BCUT2D eigenvalue weighted by molar-refractivity contribution is 6.00. The predicted octanol–water partition coefficient (Wildman–Crippen LogP) is 6.31. The van der Waals surface area contributed by atoms with Gasteiger partial charge in [-0.25, -0.2) is 4.79 Å². The molecule has 0 spiro atoms. The minimum atomic E-state index is -0.434. The normalized spacial score (nSPS) is 12.3. The van der Waals surface area contributed by atoms with Crippen molar-refractivity contribution >= 4 is 41.0 Å². The Kier molecular flexibility index (Phi) is 8.71. The maximum absolute atomic E-state index is 13.1. The van der Waals surface area contributed by atoms with Crippen LogP contribution in [0.1, 0.15) is 42.1 Å². The van der Waals surface area contributed by atoms with E-state index in [0.29, 0.717) is 13.2 Å². The quantitative estimate of drug-likeness (QED) is 0.160. The van der Waals surface area contributed by atoms with Gasteiger partial charge in [-0.05, 0) is 49.1 Å². The molecular weight excluding hydrogens is 460 g/mol. The maximum atomic E-state index is 13.1. The van der Waals surface area contributed by atoms with Crippen molar-refractivity contribution in [1.82, 2.24) is 9.88 Å². The average molecular weight is 493 g/mol. The van der Waals surface area contributed by atoms with Crippen molar-refractivity contribution in [2.24, 2.45) is 0 Å². The number of esters is 1. The van der Waals surface area contributed by atoms with E-state index in [-0.39, 0.29) is 5.91 Å². The molecule has 0 radical (unpaired) electrons. The number of nitrogens with zero attached hydrogens (tertiary/aromatic N) is 1. The van der Waals surface area contributed by atoms with Gasteiger partial charge in [-0.2, -0.15) is 0 Å². The summed E-state index contributed by atoms with van der Waals surface area (Å²) in [5.74, 6) is -0.452. The molecule has 0 saturated carbocycles. The largest absolute Gasteiger partial charge is 0.463 e. The van der Waals surface area contributed by atoms with Crippen LogP contribution in [-0.2, 0) is 20.7 Å². The van der Waals surface area contributed by atoms with Gasteiger partial charge in [-0.3, -0.25) is 4.79 Å². The number of nitrogens with one attached hydrogen (secondary N) is 1. The highest BCUT2D eigenvalue weighted by Crippen LogP contribution is 2.30. The Balaban J connectivity index is 1.64. The maximum Gasteiger partial charge on any atom is 0.330 e. The second-order valence-corrected chi connectivity index (χ2v) is 8.77. The molecule has 0 aliphatic carbocycles. The number of hydrogen-bond acceptors (Lipinski definition) is 3. The standard InChI is InChI=1S/C32H32N2O3/c1-3-37-30(35)20-19-28-23-34(24(2)32(36)33-22-21-26-13-8-5-9-14-26)29-16-10-15-27(31(28)29)18-17-25-11-6-4-7-12-25/h4-20,23-24H,3,21-22H2,1-2H3,(H,33,36). The molecule has 1 heterocycles. The Labute approximate surface area is 218 Å². The lowest BCUT2D eigenvalue weighted by atomic mass is 10.0. The number of ether oxygens (including phenoxy) is 1. The Morgan fingerprint density at radius 1 is 0.892 bits per heavy atom. The van der Waals surface area contributed by atoms with Crippen LogP contribution in [0, 0.1) is 0 Å². The van der Waals surface area contributed by atoms with Crippen LogP contribution in [-0.4, -0.2) is 29.6 Å². The summed E-state index contributed by atoms with van der Waals surface area (Å²) in [5.41, 5.74) is 5.04. The van der Waals surface area contributed by atoms with Crippen molar-refractivity contribution in [2.75, 3.05) is 13.2 Å². The molecule has 1 N–H and O–H groups in total. The van der Waals surface area contributed by atoms with Gasteiger partial charge in [0, 0.05) is 35.3 Å². The molecule has 4 rings (SSSR count). The number of carbonyl (C=O) groups is 2. The lowest BCUT2D eigenvalue weighted by molar-refractivity contribution is -0.137. The fourth-order valence-corrected chi connectivity index (χ4v) is 4.30. The van der Waals surface area contributed by atoms with Crippen molar-refractivity contribution in [2.45, 2.75) is 26.3 Å². The zero-order chi connectivity index (χ0) is 26.0. The van der Waals surface area contributed by atoms with Crippen LogP contribution in [0.25, 0.3) is 29.1 Å². The predicted molar refractivity (Wildman–Crippen MR) is 151 cm³/mol. The third kappa shape index (κ3) is 6.64. The van der Waals surface area contributed by atoms with E-state index in [1.807, 2.05) is 84.4 Å². The summed E-state index contributed by atoms with van der Waals surface area (Å²) < 4.78 is 7.04. The van der Waals surface area contributed by atoms with Crippen LogP contribution in [0.4, 0.5) is 0 Å². The summed E-state index contributed by atoms with van der Waals surface area (Å²) in [6.45, 7) is 4.55. The first-order valence-corrected chi connectivity index (χ1v) is 12.6.